The van der Waals surface area contributed by atoms with E-state index in [0.29, 0.717) is 11.4 Å². The summed E-state index contributed by atoms with van der Waals surface area (Å²) in [6, 6.07) is 19.3. The zero-order valence-electron chi connectivity index (χ0n) is 13.4. The van der Waals surface area contributed by atoms with Gasteiger partial charge in [-0.05, 0) is 42.5 Å². The molecule has 3 rings (SSSR count). The van der Waals surface area contributed by atoms with Gasteiger partial charge in [0.25, 0.3) is 5.69 Å². The van der Waals surface area contributed by atoms with Crippen LogP contribution >= 0.6 is 0 Å². The van der Waals surface area contributed by atoms with Crippen LogP contribution in [0.15, 0.2) is 93.5 Å². The minimum atomic E-state index is -0.525. The maximum absolute atomic E-state index is 10.6. The van der Waals surface area contributed by atoms with Crippen LogP contribution < -0.4 is 5.43 Å². The Hall–Kier alpha value is -4.01. The molecule has 0 aliphatic rings. The second-order valence-electron chi connectivity index (χ2n) is 5.03. The minimum Gasteiger partial charge on any atom is -0.260 e. The molecule has 0 aliphatic carbocycles. The van der Waals surface area contributed by atoms with E-state index in [1.54, 1.807) is 24.3 Å². The zero-order valence-corrected chi connectivity index (χ0v) is 13.4. The van der Waals surface area contributed by atoms with E-state index in [1.807, 2.05) is 30.3 Å². The lowest BCUT2D eigenvalue weighted by Gasteiger charge is -1.99. The predicted molar refractivity (Wildman–Crippen MR) is 96.1 cm³/mol. The highest BCUT2D eigenvalue weighted by molar-refractivity contribution is 5.50. The number of nitrogens with one attached hydrogen (secondary N) is 1. The van der Waals surface area contributed by atoms with Crippen LogP contribution in [0.4, 0.5) is 28.6 Å². The monoisotopic (exact) mass is 347 g/mol. The normalized spacial score (nSPS) is 11.1. The van der Waals surface area contributed by atoms with Crippen molar-refractivity contribution < 1.29 is 4.92 Å². The summed E-state index contributed by atoms with van der Waals surface area (Å²) in [4.78, 5) is 13.9. The summed E-state index contributed by atoms with van der Waals surface area (Å²) in [6.45, 7) is 0. The predicted octanol–water partition coefficient (Wildman–Crippen LogP) is 5.52. The van der Waals surface area contributed by atoms with E-state index in [2.05, 4.69) is 31.0 Å². The van der Waals surface area contributed by atoms with Crippen molar-refractivity contribution in [3.8, 4) is 0 Å². The quantitative estimate of drug-likeness (QED) is 0.359. The smallest absolute Gasteiger partial charge is 0.260 e. The van der Waals surface area contributed by atoms with Crippen LogP contribution in [-0.2, 0) is 0 Å². The van der Waals surface area contributed by atoms with E-state index in [-0.39, 0.29) is 11.5 Å². The number of rotatable bonds is 6. The molecule has 9 nitrogen and oxygen atoms in total. The van der Waals surface area contributed by atoms with Crippen molar-refractivity contribution in [1.82, 2.24) is 4.98 Å². The molecule has 0 saturated heterocycles. The maximum atomic E-state index is 10.6. The van der Waals surface area contributed by atoms with Crippen LogP contribution in [0, 0.1) is 10.1 Å². The minimum absolute atomic E-state index is 0.0998. The molecule has 0 amide bonds. The fourth-order valence-corrected chi connectivity index (χ4v) is 1.89. The molecule has 3 aromatic rings. The van der Waals surface area contributed by atoms with Crippen molar-refractivity contribution in [2.75, 3.05) is 5.43 Å². The van der Waals surface area contributed by atoms with Gasteiger partial charge in [0, 0.05) is 6.07 Å². The Kier molecular flexibility index (Phi) is 5.31. The molecule has 0 bridgehead atoms. The lowest BCUT2D eigenvalue weighted by Crippen LogP contribution is -1.88. The number of azo groups is 1. The number of hydrogen-bond donors (Lipinski definition) is 1. The number of hydrogen-bond acceptors (Lipinski definition) is 7. The van der Waals surface area contributed by atoms with Gasteiger partial charge in [0.2, 0.25) is 0 Å². The molecule has 0 unspecified atom stereocenters. The average Bonchev–Trinajstić information content (AvgIpc) is 2.68. The molecule has 0 spiro atoms. The Balaban J connectivity index is 1.57. The molecule has 1 heterocycles. The van der Waals surface area contributed by atoms with Gasteiger partial charge in [0.15, 0.2) is 5.82 Å². The molecule has 1 N–H and O–H groups in total. The van der Waals surface area contributed by atoms with E-state index >= 15 is 0 Å². The molecule has 9 heteroatoms. The van der Waals surface area contributed by atoms with Crippen molar-refractivity contribution in [3.05, 3.63) is 83.0 Å². The summed E-state index contributed by atoms with van der Waals surface area (Å²) in [5.41, 5.74) is 4.83. The Labute approximate surface area is 148 Å². The molecule has 0 fully saturated rings. The molecular weight excluding hydrogens is 334 g/mol. The highest BCUT2D eigenvalue weighted by atomic mass is 16.6. The lowest BCUT2D eigenvalue weighted by molar-refractivity contribution is -0.385. The van der Waals surface area contributed by atoms with E-state index in [1.165, 1.54) is 12.1 Å². The highest BCUT2D eigenvalue weighted by Crippen LogP contribution is 2.20. The molecule has 1 aromatic heterocycles. The molecule has 0 atom stereocenters. The Morgan fingerprint density at radius 2 is 1.54 bits per heavy atom. The first-order chi connectivity index (χ1) is 12.7. The van der Waals surface area contributed by atoms with Crippen LogP contribution in [0.2, 0.25) is 0 Å². The molecular formula is C17H13N7O2. The van der Waals surface area contributed by atoms with Crippen LogP contribution in [0.1, 0.15) is 0 Å². The molecule has 26 heavy (non-hydrogen) atoms. The van der Waals surface area contributed by atoms with Gasteiger partial charge >= 0.3 is 0 Å². The van der Waals surface area contributed by atoms with E-state index in [4.69, 9.17) is 0 Å². The van der Waals surface area contributed by atoms with Crippen LogP contribution in [0.3, 0.4) is 0 Å². The number of anilines is 1. The summed E-state index contributed by atoms with van der Waals surface area (Å²) in [6.07, 6.45) is 1.13. The SMILES string of the molecule is O=[N+]([O-])c1ccc(N=NNc2ccc(N=Nc3ccccc3)cc2)nc1. The first-order valence-corrected chi connectivity index (χ1v) is 7.55. The van der Waals surface area contributed by atoms with Crippen molar-refractivity contribution in [3.63, 3.8) is 0 Å². The van der Waals surface area contributed by atoms with Crippen molar-refractivity contribution in [2.45, 2.75) is 0 Å². The van der Waals surface area contributed by atoms with E-state index < -0.39 is 4.92 Å². The second-order valence-corrected chi connectivity index (χ2v) is 5.03. The zero-order chi connectivity index (χ0) is 18.2. The Morgan fingerprint density at radius 3 is 2.15 bits per heavy atom. The Bertz CT molecular complexity index is 924. The number of pyridine rings is 1. The fraction of sp³-hybridized carbons (Fsp3) is 0. The topological polar surface area (TPSA) is 118 Å². The first kappa shape index (κ1) is 16.8. The fourth-order valence-electron chi connectivity index (χ4n) is 1.89. The van der Waals surface area contributed by atoms with Crippen molar-refractivity contribution >= 4 is 28.6 Å². The van der Waals surface area contributed by atoms with Gasteiger partial charge in [-0.3, -0.25) is 15.5 Å². The summed E-state index contributed by atoms with van der Waals surface area (Å²) in [5.74, 6) is 0.261. The largest absolute Gasteiger partial charge is 0.287 e. The molecule has 0 radical (unpaired) electrons. The average molecular weight is 347 g/mol. The van der Waals surface area contributed by atoms with Gasteiger partial charge < -0.3 is 0 Å². The molecule has 0 saturated carbocycles. The molecule has 0 aliphatic heterocycles. The van der Waals surface area contributed by atoms with Gasteiger partial charge in [0.1, 0.15) is 6.20 Å². The van der Waals surface area contributed by atoms with Crippen LogP contribution in [0.25, 0.3) is 0 Å². The van der Waals surface area contributed by atoms with Gasteiger partial charge in [-0.2, -0.15) is 10.2 Å². The van der Waals surface area contributed by atoms with Crippen LogP contribution in [0.5, 0.6) is 0 Å². The second kappa shape index (κ2) is 8.20. The lowest BCUT2D eigenvalue weighted by atomic mass is 10.3. The van der Waals surface area contributed by atoms with Crippen molar-refractivity contribution in [2.24, 2.45) is 20.6 Å². The number of benzene rings is 2. The maximum Gasteiger partial charge on any atom is 0.287 e. The van der Waals surface area contributed by atoms with Gasteiger partial charge in [0.05, 0.1) is 22.0 Å². The first-order valence-electron chi connectivity index (χ1n) is 7.55. The van der Waals surface area contributed by atoms with Gasteiger partial charge in [-0.1, -0.05) is 23.4 Å². The summed E-state index contributed by atoms with van der Waals surface area (Å²) < 4.78 is 0. The summed E-state index contributed by atoms with van der Waals surface area (Å²) in [7, 11) is 0. The highest BCUT2D eigenvalue weighted by Gasteiger charge is 2.04. The summed E-state index contributed by atoms with van der Waals surface area (Å²) in [5, 5.41) is 26.5. The van der Waals surface area contributed by atoms with E-state index in [9.17, 15) is 10.1 Å². The van der Waals surface area contributed by atoms with Crippen LogP contribution in [-0.4, -0.2) is 9.91 Å². The number of aromatic nitrogens is 1. The van der Waals surface area contributed by atoms with Gasteiger partial charge in [-0.25, -0.2) is 4.98 Å². The molecule has 128 valence electrons. The number of nitro groups is 1. The third kappa shape index (κ3) is 4.74. The Morgan fingerprint density at radius 1 is 0.846 bits per heavy atom. The summed E-state index contributed by atoms with van der Waals surface area (Å²) >= 11 is 0. The van der Waals surface area contributed by atoms with Crippen molar-refractivity contribution in [1.29, 1.82) is 0 Å². The number of nitrogens with zero attached hydrogens (tertiary/aromatic N) is 6. The third-order valence-corrected chi connectivity index (χ3v) is 3.18. The third-order valence-electron chi connectivity index (χ3n) is 3.18. The standard InChI is InChI=1S/C17H13N7O2/c25-24(26)16-10-11-17(18-12-16)22-23-21-15-8-6-14(7-9-15)20-19-13-4-2-1-3-5-13/h1-12H,(H,18,21,22). The van der Waals surface area contributed by atoms with Gasteiger partial charge in [-0.15, -0.1) is 5.11 Å². The van der Waals surface area contributed by atoms with E-state index in [0.717, 1.165) is 11.9 Å². The molecule has 2 aromatic carbocycles.